The van der Waals surface area contributed by atoms with E-state index in [1.165, 1.54) is 0 Å². The molecule has 0 aromatic carbocycles. The first kappa shape index (κ1) is 23.1. The molecule has 2 fully saturated rings. The number of rotatable bonds is 8. The monoisotopic (exact) mass is 397 g/mol. The van der Waals surface area contributed by atoms with Crippen molar-refractivity contribution in [2.75, 3.05) is 46.4 Å². The molecule has 28 heavy (non-hydrogen) atoms. The number of hydrogen-bond donors (Lipinski definition) is 1. The number of carbonyl (C=O) groups is 2. The number of amides is 2. The minimum Gasteiger partial charge on any atom is -0.385 e. The Labute approximate surface area is 170 Å². The van der Waals surface area contributed by atoms with Crippen LogP contribution in [0.3, 0.4) is 0 Å². The van der Waals surface area contributed by atoms with Crippen molar-refractivity contribution in [2.45, 2.75) is 65.2 Å². The Balaban J connectivity index is 1.87. The van der Waals surface area contributed by atoms with Gasteiger partial charge in [0, 0.05) is 52.4 Å². The lowest BCUT2D eigenvalue weighted by Crippen LogP contribution is -2.58. The van der Waals surface area contributed by atoms with Crippen molar-refractivity contribution in [1.82, 2.24) is 15.1 Å². The number of nitrogens with zero attached hydrogens (tertiary/aromatic N) is 2. The Hall–Kier alpha value is -1.18. The lowest BCUT2D eigenvalue weighted by atomic mass is 9.93. The van der Waals surface area contributed by atoms with Crippen LogP contribution < -0.4 is 5.32 Å². The third-order valence-electron chi connectivity index (χ3n) is 5.73. The number of carbonyl (C=O) groups excluding carboxylic acids is 2. The predicted octanol–water partition coefficient (Wildman–Crippen LogP) is 1.51. The van der Waals surface area contributed by atoms with Gasteiger partial charge in [0.1, 0.15) is 0 Å². The van der Waals surface area contributed by atoms with E-state index < -0.39 is 0 Å². The summed E-state index contributed by atoms with van der Waals surface area (Å²) in [5, 5.41) is 2.99. The number of ether oxygens (including phenoxy) is 2. The number of nitrogens with one attached hydrogen (secondary N) is 1. The fraction of sp³-hybridized carbons (Fsp3) is 0.905. The van der Waals surface area contributed by atoms with E-state index in [0.29, 0.717) is 26.2 Å². The second-order valence-corrected chi connectivity index (χ2v) is 8.64. The number of methoxy groups -OCH3 is 1. The van der Waals surface area contributed by atoms with Crippen LogP contribution in [-0.2, 0) is 19.1 Å². The molecule has 0 aliphatic carbocycles. The summed E-state index contributed by atoms with van der Waals surface area (Å²) in [7, 11) is 1.66. The van der Waals surface area contributed by atoms with Crippen molar-refractivity contribution in [3.63, 3.8) is 0 Å². The first-order valence-electron chi connectivity index (χ1n) is 10.8. The predicted molar refractivity (Wildman–Crippen MR) is 109 cm³/mol. The molecule has 7 heteroatoms. The van der Waals surface area contributed by atoms with E-state index in [2.05, 4.69) is 37.9 Å². The van der Waals surface area contributed by atoms with Crippen LogP contribution in [0.15, 0.2) is 0 Å². The molecule has 3 atom stereocenters. The molecule has 2 saturated heterocycles. The van der Waals surface area contributed by atoms with Gasteiger partial charge in [-0.3, -0.25) is 14.5 Å². The van der Waals surface area contributed by atoms with Crippen LogP contribution in [0.2, 0.25) is 0 Å². The van der Waals surface area contributed by atoms with Crippen molar-refractivity contribution in [3.05, 3.63) is 0 Å². The summed E-state index contributed by atoms with van der Waals surface area (Å²) >= 11 is 0. The average molecular weight is 398 g/mol. The summed E-state index contributed by atoms with van der Waals surface area (Å²) in [6.45, 7) is 12.6. The number of morpholine rings is 1. The lowest BCUT2D eigenvalue weighted by molar-refractivity contribution is -0.148. The van der Waals surface area contributed by atoms with E-state index in [-0.39, 0.29) is 41.9 Å². The minimum absolute atomic E-state index is 0.00697. The van der Waals surface area contributed by atoms with E-state index in [0.717, 1.165) is 32.4 Å². The van der Waals surface area contributed by atoms with Gasteiger partial charge >= 0.3 is 0 Å². The van der Waals surface area contributed by atoms with Crippen LogP contribution in [0, 0.1) is 11.8 Å². The van der Waals surface area contributed by atoms with Crippen LogP contribution in [0.25, 0.3) is 0 Å². The fourth-order valence-corrected chi connectivity index (χ4v) is 4.43. The van der Waals surface area contributed by atoms with Gasteiger partial charge in [0.15, 0.2) is 0 Å². The van der Waals surface area contributed by atoms with Gasteiger partial charge in [0.2, 0.25) is 11.8 Å². The highest BCUT2D eigenvalue weighted by Gasteiger charge is 2.37. The normalized spacial score (nSPS) is 25.7. The molecule has 2 heterocycles. The smallest absolute Gasteiger partial charge is 0.240 e. The molecule has 2 rings (SSSR count). The van der Waals surface area contributed by atoms with Crippen LogP contribution >= 0.6 is 0 Å². The molecule has 2 aliphatic rings. The van der Waals surface area contributed by atoms with Gasteiger partial charge in [0.25, 0.3) is 0 Å². The van der Waals surface area contributed by atoms with E-state index in [1.807, 2.05) is 4.90 Å². The maximum atomic E-state index is 13.3. The maximum Gasteiger partial charge on any atom is 0.240 e. The Kier molecular flexibility index (Phi) is 9.18. The van der Waals surface area contributed by atoms with Crippen LogP contribution in [0.1, 0.15) is 47.0 Å². The number of hydrogen-bond acceptors (Lipinski definition) is 5. The molecule has 2 amide bonds. The SMILES string of the molecule is COCCCNC(=O)C1CCN(C(=O)C(C(C)C)N2CC(C)OC(C)C2)CC1. The Morgan fingerprint density at radius 3 is 2.29 bits per heavy atom. The molecular weight excluding hydrogens is 358 g/mol. The first-order valence-corrected chi connectivity index (χ1v) is 10.8. The maximum absolute atomic E-state index is 13.3. The summed E-state index contributed by atoms with van der Waals surface area (Å²) in [4.78, 5) is 29.9. The molecule has 0 bridgehead atoms. The van der Waals surface area contributed by atoms with Gasteiger partial charge in [0.05, 0.1) is 18.2 Å². The summed E-state index contributed by atoms with van der Waals surface area (Å²) in [6, 6.07) is -0.117. The summed E-state index contributed by atoms with van der Waals surface area (Å²) in [5.74, 6) is 0.564. The van der Waals surface area contributed by atoms with Gasteiger partial charge in [-0.2, -0.15) is 0 Å². The van der Waals surface area contributed by atoms with E-state index >= 15 is 0 Å². The lowest BCUT2D eigenvalue weighted by Gasteiger charge is -2.43. The van der Waals surface area contributed by atoms with Crippen LogP contribution in [0.5, 0.6) is 0 Å². The number of piperidine rings is 1. The zero-order valence-corrected chi connectivity index (χ0v) is 18.3. The topological polar surface area (TPSA) is 71.1 Å². The Morgan fingerprint density at radius 1 is 1.14 bits per heavy atom. The zero-order valence-electron chi connectivity index (χ0n) is 18.3. The van der Waals surface area contributed by atoms with Gasteiger partial charge in [-0.25, -0.2) is 0 Å². The largest absolute Gasteiger partial charge is 0.385 e. The van der Waals surface area contributed by atoms with Gasteiger partial charge in [-0.05, 0) is 39.0 Å². The summed E-state index contributed by atoms with van der Waals surface area (Å²) in [5.41, 5.74) is 0. The highest BCUT2D eigenvalue weighted by Crippen LogP contribution is 2.24. The van der Waals surface area contributed by atoms with Crippen molar-refractivity contribution in [2.24, 2.45) is 11.8 Å². The molecule has 0 saturated carbocycles. The quantitative estimate of drug-likeness (QED) is 0.629. The van der Waals surface area contributed by atoms with Crippen LogP contribution in [-0.4, -0.2) is 86.3 Å². The molecule has 0 radical (unpaired) electrons. The van der Waals surface area contributed by atoms with Gasteiger partial charge in [-0.15, -0.1) is 0 Å². The molecule has 162 valence electrons. The van der Waals surface area contributed by atoms with Crippen molar-refractivity contribution >= 4 is 11.8 Å². The standard InChI is InChI=1S/C21H39N3O4/c1-15(2)19(24-13-16(3)28-17(4)14-24)21(26)23-10-7-18(8-11-23)20(25)22-9-6-12-27-5/h15-19H,6-14H2,1-5H3,(H,22,25). The molecule has 0 aromatic heterocycles. The molecule has 0 spiro atoms. The van der Waals surface area contributed by atoms with Gasteiger partial charge in [-0.1, -0.05) is 13.8 Å². The molecule has 2 aliphatic heterocycles. The van der Waals surface area contributed by atoms with E-state index in [9.17, 15) is 9.59 Å². The van der Waals surface area contributed by atoms with E-state index in [4.69, 9.17) is 9.47 Å². The second-order valence-electron chi connectivity index (χ2n) is 8.64. The number of likely N-dealkylation sites (tertiary alicyclic amines) is 1. The second kappa shape index (κ2) is 11.1. The summed E-state index contributed by atoms with van der Waals surface area (Å²) in [6.07, 6.45) is 2.59. The molecule has 3 unspecified atom stereocenters. The van der Waals surface area contributed by atoms with Gasteiger partial charge < -0.3 is 19.7 Å². The van der Waals surface area contributed by atoms with E-state index in [1.54, 1.807) is 7.11 Å². The third kappa shape index (κ3) is 6.42. The average Bonchev–Trinajstić information content (AvgIpc) is 2.64. The minimum atomic E-state index is -0.117. The molecule has 0 aromatic rings. The highest BCUT2D eigenvalue weighted by molar-refractivity contribution is 5.83. The van der Waals surface area contributed by atoms with Crippen molar-refractivity contribution < 1.29 is 19.1 Å². The molecular formula is C21H39N3O4. The summed E-state index contributed by atoms with van der Waals surface area (Å²) < 4.78 is 10.8. The third-order valence-corrected chi connectivity index (χ3v) is 5.73. The molecule has 1 N–H and O–H groups in total. The fourth-order valence-electron chi connectivity index (χ4n) is 4.43. The van der Waals surface area contributed by atoms with Crippen LogP contribution in [0.4, 0.5) is 0 Å². The highest BCUT2D eigenvalue weighted by atomic mass is 16.5. The molecule has 7 nitrogen and oxygen atoms in total. The Bertz CT molecular complexity index is 496. The first-order chi connectivity index (χ1) is 13.3. The zero-order chi connectivity index (χ0) is 20.7. The van der Waals surface area contributed by atoms with Crippen molar-refractivity contribution in [3.8, 4) is 0 Å². The Morgan fingerprint density at radius 2 is 1.75 bits per heavy atom. The van der Waals surface area contributed by atoms with Crippen molar-refractivity contribution in [1.29, 1.82) is 0 Å².